The van der Waals surface area contributed by atoms with Crippen LogP contribution in [0.25, 0.3) is 10.9 Å². The first-order valence-electron chi connectivity index (χ1n) is 5.95. The van der Waals surface area contributed by atoms with E-state index in [4.69, 9.17) is 16.3 Å². The van der Waals surface area contributed by atoms with Crippen LogP contribution in [0.1, 0.15) is 32.4 Å². The molecule has 0 fully saturated rings. The van der Waals surface area contributed by atoms with Crippen molar-refractivity contribution in [3.05, 3.63) is 34.7 Å². The minimum absolute atomic E-state index is 0.214. The Kier molecular flexibility index (Phi) is 3.71. The second-order valence-electron chi connectivity index (χ2n) is 4.42. The molecular formula is C14H15ClFNO. The van der Waals surface area contributed by atoms with Crippen LogP contribution in [0.4, 0.5) is 4.39 Å². The number of hydrogen-bond donors (Lipinski definition) is 0. The van der Waals surface area contributed by atoms with Gasteiger partial charge in [-0.2, -0.15) is 0 Å². The van der Waals surface area contributed by atoms with Gasteiger partial charge in [0.15, 0.2) is 11.6 Å². The molecular weight excluding hydrogens is 253 g/mol. The molecule has 2 rings (SSSR count). The van der Waals surface area contributed by atoms with Crippen molar-refractivity contribution in [2.24, 2.45) is 0 Å². The first-order valence-corrected chi connectivity index (χ1v) is 6.33. The van der Waals surface area contributed by atoms with Gasteiger partial charge in [0, 0.05) is 17.1 Å². The van der Waals surface area contributed by atoms with Gasteiger partial charge in [0.25, 0.3) is 0 Å². The summed E-state index contributed by atoms with van der Waals surface area (Å²) in [5.74, 6) is 0.0568. The third kappa shape index (κ3) is 2.41. The molecule has 2 aromatic rings. The Morgan fingerprint density at radius 1 is 1.33 bits per heavy atom. The highest BCUT2D eigenvalue weighted by Gasteiger charge is 2.12. The van der Waals surface area contributed by atoms with Crippen LogP contribution in [0.2, 0.25) is 5.02 Å². The number of rotatable bonds is 3. The molecule has 0 aliphatic heterocycles. The molecule has 0 spiro atoms. The van der Waals surface area contributed by atoms with Crippen molar-refractivity contribution >= 4 is 22.5 Å². The normalized spacial score (nSPS) is 11.2. The zero-order chi connectivity index (χ0) is 13.3. The molecule has 1 heterocycles. The maximum absolute atomic E-state index is 13.8. The number of hydrogen-bond acceptors (Lipinski definition) is 2. The number of nitrogens with zero attached hydrogens (tertiary/aromatic N) is 1. The Hall–Kier alpha value is -1.35. The number of ether oxygens (including phenoxy) is 1. The zero-order valence-corrected chi connectivity index (χ0v) is 11.4. The van der Waals surface area contributed by atoms with Crippen LogP contribution in [0, 0.1) is 5.82 Å². The van der Waals surface area contributed by atoms with Crippen LogP contribution >= 0.6 is 11.6 Å². The quantitative estimate of drug-likeness (QED) is 0.814. The van der Waals surface area contributed by atoms with Gasteiger partial charge >= 0.3 is 0 Å². The summed E-state index contributed by atoms with van der Waals surface area (Å²) >= 11 is 6.21. The summed E-state index contributed by atoms with van der Waals surface area (Å²) < 4.78 is 19.0. The van der Waals surface area contributed by atoms with Crippen molar-refractivity contribution in [2.45, 2.75) is 26.7 Å². The van der Waals surface area contributed by atoms with Crippen molar-refractivity contribution in [1.29, 1.82) is 0 Å². The lowest BCUT2D eigenvalue weighted by Crippen LogP contribution is -1.97. The van der Waals surface area contributed by atoms with Crippen LogP contribution < -0.4 is 4.74 Å². The van der Waals surface area contributed by atoms with E-state index in [2.05, 4.69) is 4.98 Å². The van der Waals surface area contributed by atoms with E-state index in [1.54, 1.807) is 6.07 Å². The molecule has 18 heavy (non-hydrogen) atoms. The number of pyridine rings is 1. The molecule has 0 bridgehead atoms. The van der Waals surface area contributed by atoms with Gasteiger partial charge in [0.2, 0.25) is 0 Å². The molecule has 1 aromatic carbocycles. The Labute approximate surface area is 111 Å². The van der Waals surface area contributed by atoms with Gasteiger partial charge in [-0.1, -0.05) is 25.4 Å². The molecule has 2 nitrogen and oxygen atoms in total. The topological polar surface area (TPSA) is 22.1 Å². The summed E-state index contributed by atoms with van der Waals surface area (Å²) in [6, 6.07) is 4.80. The van der Waals surface area contributed by atoms with Crippen LogP contribution in [-0.4, -0.2) is 11.6 Å². The minimum atomic E-state index is -0.408. The van der Waals surface area contributed by atoms with Gasteiger partial charge < -0.3 is 4.74 Å². The molecule has 96 valence electrons. The number of halogens is 2. The average molecular weight is 268 g/mol. The number of aromatic nitrogens is 1. The van der Waals surface area contributed by atoms with Crippen molar-refractivity contribution < 1.29 is 9.13 Å². The van der Waals surface area contributed by atoms with E-state index in [1.165, 1.54) is 6.07 Å². The van der Waals surface area contributed by atoms with Crippen molar-refractivity contribution in [3.8, 4) is 5.75 Å². The van der Waals surface area contributed by atoms with Crippen LogP contribution in [0.5, 0.6) is 5.75 Å². The molecule has 1 aromatic heterocycles. The zero-order valence-electron chi connectivity index (χ0n) is 10.6. The molecule has 0 aliphatic rings. The molecule has 0 N–H and O–H groups in total. The smallest absolute Gasteiger partial charge is 0.167 e. The summed E-state index contributed by atoms with van der Waals surface area (Å²) in [6.45, 7) is 6.27. The summed E-state index contributed by atoms with van der Waals surface area (Å²) in [5.41, 5.74) is 1.42. The molecule has 0 atom stereocenters. The molecule has 0 amide bonds. The van der Waals surface area contributed by atoms with E-state index in [0.717, 1.165) is 5.69 Å². The highest BCUT2D eigenvalue weighted by Crippen LogP contribution is 2.31. The Bertz CT molecular complexity index is 584. The van der Waals surface area contributed by atoms with E-state index in [1.807, 2.05) is 26.8 Å². The summed E-state index contributed by atoms with van der Waals surface area (Å²) in [7, 11) is 0. The van der Waals surface area contributed by atoms with Gasteiger partial charge in [-0.15, -0.1) is 0 Å². The third-order valence-electron chi connectivity index (χ3n) is 2.72. The lowest BCUT2D eigenvalue weighted by atomic mass is 10.1. The standard InChI is InChI=1S/C14H15ClFNO/c1-4-18-14-5-9-10(15)6-12(8(2)3)17-13(9)7-11(14)16/h5-8H,4H2,1-3H3. The largest absolute Gasteiger partial charge is 0.491 e. The fourth-order valence-electron chi connectivity index (χ4n) is 1.77. The predicted molar refractivity (Wildman–Crippen MR) is 72.0 cm³/mol. The van der Waals surface area contributed by atoms with Crippen LogP contribution in [0.15, 0.2) is 18.2 Å². The monoisotopic (exact) mass is 267 g/mol. The minimum Gasteiger partial charge on any atom is -0.491 e. The fourth-order valence-corrected chi connectivity index (χ4v) is 2.03. The fraction of sp³-hybridized carbons (Fsp3) is 0.357. The molecule has 0 radical (unpaired) electrons. The van der Waals surface area contributed by atoms with E-state index in [0.29, 0.717) is 22.5 Å². The lowest BCUT2D eigenvalue weighted by Gasteiger charge is -2.10. The predicted octanol–water partition coefficient (Wildman–Crippen LogP) is 4.55. The summed E-state index contributed by atoms with van der Waals surface area (Å²) in [4.78, 5) is 4.42. The molecule has 0 saturated heterocycles. The number of fused-ring (bicyclic) bond motifs is 1. The SMILES string of the molecule is CCOc1cc2c(Cl)cc(C(C)C)nc2cc1F. The first kappa shape index (κ1) is 13.1. The Morgan fingerprint density at radius 3 is 2.67 bits per heavy atom. The van der Waals surface area contributed by atoms with E-state index in [-0.39, 0.29) is 11.7 Å². The van der Waals surface area contributed by atoms with Crippen molar-refractivity contribution in [1.82, 2.24) is 4.98 Å². The molecule has 0 aliphatic carbocycles. The maximum Gasteiger partial charge on any atom is 0.167 e. The maximum atomic E-state index is 13.8. The Morgan fingerprint density at radius 2 is 2.06 bits per heavy atom. The molecule has 0 saturated carbocycles. The second-order valence-corrected chi connectivity index (χ2v) is 4.82. The van der Waals surface area contributed by atoms with E-state index < -0.39 is 5.82 Å². The summed E-state index contributed by atoms with van der Waals surface area (Å²) in [5, 5.41) is 1.29. The van der Waals surface area contributed by atoms with Crippen LogP contribution in [0.3, 0.4) is 0 Å². The summed E-state index contributed by atoms with van der Waals surface area (Å²) in [6.07, 6.45) is 0. The highest BCUT2D eigenvalue weighted by atomic mass is 35.5. The second kappa shape index (κ2) is 5.11. The van der Waals surface area contributed by atoms with Crippen molar-refractivity contribution in [2.75, 3.05) is 6.61 Å². The van der Waals surface area contributed by atoms with E-state index >= 15 is 0 Å². The van der Waals surface area contributed by atoms with E-state index in [9.17, 15) is 4.39 Å². The number of benzene rings is 1. The van der Waals surface area contributed by atoms with Gasteiger partial charge in [-0.3, -0.25) is 4.98 Å². The van der Waals surface area contributed by atoms with Gasteiger partial charge in [-0.25, -0.2) is 4.39 Å². The van der Waals surface area contributed by atoms with Gasteiger partial charge in [0.1, 0.15) is 0 Å². The Balaban J connectivity index is 2.65. The van der Waals surface area contributed by atoms with Gasteiger partial charge in [0.05, 0.1) is 17.1 Å². The molecule has 0 unspecified atom stereocenters. The highest BCUT2D eigenvalue weighted by molar-refractivity contribution is 6.35. The van der Waals surface area contributed by atoms with Crippen molar-refractivity contribution in [3.63, 3.8) is 0 Å². The third-order valence-corrected chi connectivity index (χ3v) is 3.04. The molecule has 4 heteroatoms. The lowest BCUT2D eigenvalue weighted by molar-refractivity contribution is 0.322. The average Bonchev–Trinajstić information content (AvgIpc) is 2.30. The first-order chi connectivity index (χ1) is 8.52. The van der Waals surface area contributed by atoms with Gasteiger partial charge in [-0.05, 0) is 25.0 Å². The van der Waals surface area contributed by atoms with Crippen LogP contribution in [-0.2, 0) is 0 Å².